The second-order valence-corrected chi connectivity index (χ2v) is 4.20. The third-order valence-electron chi connectivity index (χ3n) is 2.60. The Labute approximate surface area is 108 Å². The second kappa shape index (κ2) is 4.97. The highest BCUT2D eigenvalue weighted by atomic mass is 19.4. The van der Waals surface area contributed by atoms with Crippen molar-refractivity contribution >= 4 is 0 Å². The smallest absolute Gasteiger partial charge is 0.322 e. The highest BCUT2D eigenvalue weighted by Gasteiger charge is 2.30. The van der Waals surface area contributed by atoms with Gasteiger partial charge in [-0.2, -0.15) is 13.2 Å². The maximum atomic E-state index is 12.6. The van der Waals surface area contributed by atoms with Gasteiger partial charge in [-0.15, -0.1) is 0 Å². The lowest BCUT2D eigenvalue weighted by Crippen LogP contribution is -2.09. The monoisotopic (exact) mass is 267 g/mol. The van der Waals surface area contributed by atoms with Gasteiger partial charge in [0.1, 0.15) is 5.82 Å². The Morgan fingerprint density at radius 1 is 1.11 bits per heavy atom. The molecule has 0 spiro atoms. The Kier molecular flexibility index (Phi) is 3.53. The van der Waals surface area contributed by atoms with Crippen molar-refractivity contribution in [2.45, 2.75) is 19.1 Å². The van der Waals surface area contributed by atoms with Gasteiger partial charge in [-0.3, -0.25) is 0 Å². The molecule has 1 aromatic carbocycles. The van der Waals surface area contributed by atoms with E-state index < -0.39 is 11.7 Å². The number of hydrogen-bond acceptors (Lipinski definition) is 3. The fourth-order valence-corrected chi connectivity index (χ4v) is 1.60. The first kappa shape index (κ1) is 13.5. The summed E-state index contributed by atoms with van der Waals surface area (Å²) in [6.07, 6.45) is -1.41. The molecule has 0 aliphatic rings. The number of rotatable bonds is 2. The lowest BCUT2D eigenvalue weighted by atomic mass is 10.1. The Balaban J connectivity index is 2.37. The zero-order valence-corrected chi connectivity index (χ0v) is 10.1. The molecule has 0 aliphatic carbocycles. The van der Waals surface area contributed by atoms with Crippen LogP contribution in [0.3, 0.4) is 0 Å². The molecule has 0 amide bonds. The molecule has 1 atom stereocenters. The van der Waals surface area contributed by atoms with Crippen LogP contribution in [0.25, 0.3) is 11.1 Å². The maximum Gasteiger partial charge on any atom is 0.416 e. The van der Waals surface area contributed by atoms with Gasteiger partial charge in [0.05, 0.1) is 11.6 Å². The van der Waals surface area contributed by atoms with E-state index in [0.29, 0.717) is 17.0 Å². The van der Waals surface area contributed by atoms with Gasteiger partial charge in [0.25, 0.3) is 0 Å². The molecule has 1 heterocycles. The van der Waals surface area contributed by atoms with Crippen LogP contribution in [0.4, 0.5) is 13.2 Å². The predicted octanol–water partition coefficient (Wildman–Crippen LogP) is 3.18. The minimum Gasteiger partial charge on any atom is -0.322 e. The molecule has 2 aromatic rings. The van der Waals surface area contributed by atoms with Gasteiger partial charge in [0.2, 0.25) is 0 Å². The number of benzene rings is 1. The molecule has 2 rings (SSSR count). The Morgan fingerprint density at radius 3 is 2.26 bits per heavy atom. The SMILES string of the molecule is CC(N)c1ncc(-c2cccc(C(F)(F)F)c2)cn1. The van der Waals surface area contributed by atoms with Crippen molar-refractivity contribution in [2.75, 3.05) is 0 Å². The van der Waals surface area contributed by atoms with Crippen LogP contribution >= 0.6 is 0 Å². The normalized spacial score (nSPS) is 13.3. The molecular formula is C13H12F3N3. The number of aromatic nitrogens is 2. The van der Waals surface area contributed by atoms with Crippen LogP contribution in [-0.4, -0.2) is 9.97 Å². The average molecular weight is 267 g/mol. The number of nitrogens with two attached hydrogens (primary N) is 1. The molecule has 0 saturated heterocycles. The first-order chi connectivity index (χ1) is 8.88. The fraction of sp³-hybridized carbons (Fsp3) is 0.231. The van der Waals surface area contributed by atoms with Crippen molar-refractivity contribution in [3.05, 3.63) is 48.0 Å². The largest absolute Gasteiger partial charge is 0.416 e. The fourth-order valence-electron chi connectivity index (χ4n) is 1.60. The van der Waals surface area contributed by atoms with Gasteiger partial charge in [-0.25, -0.2) is 9.97 Å². The van der Waals surface area contributed by atoms with Crippen LogP contribution in [0.1, 0.15) is 24.4 Å². The maximum absolute atomic E-state index is 12.6. The van der Waals surface area contributed by atoms with Crippen molar-refractivity contribution in [3.63, 3.8) is 0 Å². The predicted molar refractivity (Wildman–Crippen MR) is 65.1 cm³/mol. The highest BCUT2D eigenvalue weighted by Crippen LogP contribution is 2.31. The average Bonchev–Trinajstić information content (AvgIpc) is 2.38. The van der Waals surface area contributed by atoms with Crippen molar-refractivity contribution in [3.8, 4) is 11.1 Å². The Morgan fingerprint density at radius 2 is 1.74 bits per heavy atom. The van der Waals surface area contributed by atoms with Gasteiger partial charge in [-0.05, 0) is 24.6 Å². The van der Waals surface area contributed by atoms with Crippen molar-refractivity contribution in [2.24, 2.45) is 5.73 Å². The first-order valence-corrected chi connectivity index (χ1v) is 5.63. The van der Waals surface area contributed by atoms with Crippen LogP contribution in [-0.2, 0) is 6.18 Å². The molecule has 0 saturated carbocycles. The summed E-state index contributed by atoms with van der Waals surface area (Å²) in [5, 5.41) is 0. The number of hydrogen-bond donors (Lipinski definition) is 1. The summed E-state index contributed by atoms with van der Waals surface area (Å²) in [5.41, 5.74) is 5.86. The quantitative estimate of drug-likeness (QED) is 0.909. The number of alkyl halides is 3. The third-order valence-corrected chi connectivity index (χ3v) is 2.60. The van der Waals surface area contributed by atoms with Gasteiger partial charge < -0.3 is 5.73 Å². The van der Waals surface area contributed by atoms with E-state index >= 15 is 0 Å². The summed E-state index contributed by atoms with van der Waals surface area (Å²) >= 11 is 0. The molecule has 1 unspecified atom stereocenters. The lowest BCUT2D eigenvalue weighted by molar-refractivity contribution is -0.137. The second-order valence-electron chi connectivity index (χ2n) is 4.20. The van der Waals surface area contributed by atoms with Crippen LogP contribution in [0, 0.1) is 0 Å². The van der Waals surface area contributed by atoms with E-state index in [4.69, 9.17) is 5.73 Å². The summed E-state index contributed by atoms with van der Waals surface area (Å²) in [4.78, 5) is 8.06. The zero-order chi connectivity index (χ0) is 14.0. The lowest BCUT2D eigenvalue weighted by Gasteiger charge is -2.09. The summed E-state index contributed by atoms with van der Waals surface area (Å²) in [5.74, 6) is 0.454. The summed E-state index contributed by atoms with van der Waals surface area (Å²) in [6.45, 7) is 1.74. The Hall–Kier alpha value is -1.95. The molecule has 1 aromatic heterocycles. The van der Waals surface area contributed by atoms with Crippen LogP contribution in [0.15, 0.2) is 36.7 Å². The summed E-state index contributed by atoms with van der Waals surface area (Å²) < 4.78 is 37.8. The minimum atomic E-state index is -4.36. The molecular weight excluding hydrogens is 255 g/mol. The summed E-state index contributed by atoms with van der Waals surface area (Å²) in [6, 6.07) is 4.73. The van der Waals surface area contributed by atoms with Crippen molar-refractivity contribution in [1.82, 2.24) is 9.97 Å². The van der Waals surface area contributed by atoms with E-state index in [9.17, 15) is 13.2 Å². The standard InChI is InChI=1S/C13H12F3N3/c1-8(17)12-18-6-10(7-19-12)9-3-2-4-11(5-9)13(14,15)16/h2-8H,17H2,1H3. The summed E-state index contributed by atoms with van der Waals surface area (Å²) in [7, 11) is 0. The van der Waals surface area contributed by atoms with Gasteiger partial charge in [0, 0.05) is 18.0 Å². The molecule has 0 aliphatic heterocycles. The van der Waals surface area contributed by atoms with Crippen molar-refractivity contribution < 1.29 is 13.2 Å². The minimum absolute atomic E-state index is 0.310. The molecule has 0 fully saturated rings. The van der Waals surface area contributed by atoms with Crippen molar-refractivity contribution in [1.29, 1.82) is 0 Å². The molecule has 19 heavy (non-hydrogen) atoms. The van der Waals surface area contributed by atoms with E-state index in [0.717, 1.165) is 12.1 Å². The van der Waals surface area contributed by atoms with E-state index in [-0.39, 0.29) is 6.04 Å². The first-order valence-electron chi connectivity index (χ1n) is 5.63. The molecule has 0 radical (unpaired) electrons. The van der Waals surface area contributed by atoms with Crippen LogP contribution < -0.4 is 5.73 Å². The zero-order valence-electron chi connectivity index (χ0n) is 10.1. The van der Waals surface area contributed by atoms with E-state index in [1.807, 2.05) is 0 Å². The molecule has 6 heteroatoms. The molecule has 2 N–H and O–H groups in total. The van der Waals surface area contributed by atoms with E-state index in [2.05, 4.69) is 9.97 Å². The van der Waals surface area contributed by atoms with Crippen LogP contribution in [0.2, 0.25) is 0 Å². The van der Waals surface area contributed by atoms with Gasteiger partial charge in [0.15, 0.2) is 0 Å². The molecule has 100 valence electrons. The number of halogens is 3. The Bertz CT molecular complexity index is 562. The van der Waals surface area contributed by atoms with Crippen LogP contribution in [0.5, 0.6) is 0 Å². The van der Waals surface area contributed by atoms with Gasteiger partial charge >= 0.3 is 6.18 Å². The highest BCUT2D eigenvalue weighted by molar-refractivity contribution is 5.62. The molecule has 3 nitrogen and oxygen atoms in total. The number of nitrogens with zero attached hydrogens (tertiary/aromatic N) is 2. The van der Waals surface area contributed by atoms with Gasteiger partial charge in [-0.1, -0.05) is 12.1 Å². The molecule has 0 bridgehead atoms. The third kappa shape index (κ3) is 3.08. The van der Waals surface area contributed by atoms with E-state index in [1.54, 1.807) is 13.0 Å². The van der Waals surface area contributed by atoms with E-state index in [1.165, 1.54) is 18.5 Å². The topological polar surface area (TPSA) is 51.8 Å².